The molecule has 128 valence electrons. The Labute approximate surface area is 136 Å². The van der Waals surface area contributed by atoms with Gasteiger partial charge in [0, 0.05) is 0 Å². The predicted molar refractivity (Wildman–Crippen MR) is 95.8 cm³/mol. The van der Waals surface area contributed by atoms with E-state index >= 15 is 0 Å². The standard InChI is InChI=1S/C9H20O.C8H8.C2H6O2/c1-3-5-7-9(10)8-6-4-2;1-2-8-6-4-3-5-7-8;3-1-2-4/h9-10H,3-8H2,1-2H3;2-7H,1H2;3-4H,1-2H2. The lowest BCUT2D eigenvalue weighted by Crippen LogP contribution is -2.05. The van der Waals surface area contributed by atoms with Crippen molar-refractivity contribution in [3.05, 3.63) is 42.5 Å². The highest BCUT2D eigenvalue weighted by molar-refractivity contribution is 5.45. The molecule has 0 unspecified atom stereocenters. The van der Waals surface area contributed by atoms with Crippen LogP contribution in [0.3, 0.4) is 0 Å². The molecule has 0 aliphatic heterocycles. The molecular formula is C19H34O3. The summed E-state index contributed by atoms with van der Waals surface area (Å²) in [6, 6.07) is 10.0. The third-order valence-electron chi connectivity index (χ3n) is 2.92. The first-order chi connectivity index (χ1) is 10.7. The van der Waals surface area contributed by atoms with Gasteiger partial charge in [0.25, 0.3) is 0 Å². The molecule has 0 aliphatic rings. The number of unbranched alkanes of at least 4 members (excludes halogenated alkanes) is 2. The summed E-state index contributed by atoms with van der Waals surface area (Å²) in [7, 11) is 0. The van der Waals surface area contributed by atoms with Gasteiger partial charge in [0.2, 0.25) is 0 Å². The van der Waals surface area contributed by atoms with E-state index in [1.54, 1.807) is 0 Å². The van der Waals surface area contributed by atoms with Crippen LogP contribution in [-0.2, 0) is 0 Å². The average Bonchev–Trinajstić information content (AvgIpc) is 2.59. The van der Waals surface area contributed by atoms with Crippen molar-refractivity contribution in [3.63, 3.8) is 0 Å². The molecule has 3 nitrogen and oxygen atoms in total. The summed E-state index contributed by atoms with van der Waals surface area (Å²) >= 11 is 0. The number of hydrogen-bond acceptors (Lipinski definition) is 3. The number of hydrogen-bond donors (Lipinski definition) is 3. The van der Waals surface area contributed by atoms with E-state index in [1.165, 1.54) is 31.2 Å². The van der Waals surface area contributed by atoms with Crippen molar-refractivity contribution in [1.82, 2.24) is 0 Å². The van der Waals surface area contributed by atoms with Gasteiger partial charge in [-0.15, -0.1) is 0 Å². The number of aliphatic hydroxyl groups is 3. The molecule has 0 radical (unpaired) electrons. The van der Waals surface area contributed by atoms with E-state index in [2.05, 4.69) is 20.4 Å². The van der Waals surface area contributed by atoms with Crippen LogP contribution in [0.5, 0.6) is 0 Å². The van der Waals surface area contributed by atoms with E-state index in [0.717, 1.165) is 12.8 Å². The lowest BCUT2D eigenvalue weighted by atomic mass is 10.1. The summed E-state index contributed by atoms with van der Waals surface area (Å²) in [6.45, 7) is 7.70. The maximum atomic E-state index is 9.31. The van der Waals surface area contributed by atoms with Gasteiger partial charge in [-0.3, -0.25) is 0 Å². The van der Waals surface area contributed by atoms with Crippen LogP contribution in [0.15, 0.2) is 36.9 Å². The first-order valence-corrected chi connectivity index (χ1v) is 8.23. The van der Waals surface area contributed by atoms with Crippen LogP contribution >= 0.6 is 0 Å². The third kappa shape index (κ3) is 18.8. The molecule has 0 amide bonds. The van der Waals surface area contributed by atoms with Gasteiger partial charge in [0.1, 0.15) is 0 Å². The molecule has 0 aromatic heterocycles. The maximum Gasteiger partial charge on any atom is 0.0662 e. The zero-order chi connectivity index (χ0) is 17.1. The van der Waals surface area contributed by atoms with E-state index in [9.17, 15) is 5.11 Å². The van der Waals surface area contributed by atoms with E-state index < -0.39 is 0 Å². The SMILES string of the molecule is C=Cc1ccccc1.CCCCC(O)CCCC.OCCO. The Hall–Kier alpha value is -1.16. The van der Waals surface area contributed by atoms with Gasteiger partial charge in [-0.05, 0) is 18.4 Å². The van der Waals surface area contributed by atoms with Crippen molar-refractivity contribution in [2.75, 3.05) is 13.2 Å². The fourth-order valence-corrected chi connectivity index (χ4v) is 1.61. The number of rotatable bonds is 8. The van der Waals surface area contributed by atoms with Crippen molar-refractivity contribution in [1.29, 1.82) is 0 Å². The van der Waals surface area contributed by atoms with Crippen LogP contribution in [0.2, 0.25) is 0 Å². The highest BCUT2D eigenvalue weighted by Crippen LogP contribution is 2.07. The largest absolute Gasteiger partial charge is 0.394 e. The second-order valence-electron chi connectivity index (χ2n) is 5.00. The van der Waals surface area contributed by atoms with Crippen LogP contribution in [0, 0.1) is 0 Å². The van der Waals surface area contributed by atoms with Crippen LogP contribution in [0.1, 0.15) is 57.9 Å². The Bertz CT molecular complexity index is 302. The van der Waals surface area contributed by atoms with Crippen molar-refractivity contribution in [3.8, 4) is 0 Å². The molecule has 0 heterocycles. The molecule has 1 aromatic carbocycles. The number of aliphatic hydroxyl groups excluding tert-OH is 3. The zero-order valence-electron chi connectivity index (χ0n) is 14.2. The molecule has 22 heavy (non-hydrogen) atoms. The lowest BCUT2D eigenvalue weighted by molar-refractivity contribution is 0.149. The minimum atomic E-state index is -0.125. The van der Waals surface area contributed by atoms with E-state index in [1.807, 2.05) is 36.4 Å². The first-order valence-electron chi connectivity index (χ1n) is 8.23. The monoisotopic (exact) mass is 310 g/mol. The Morgan fingerprint density at radius 1 is 0.955 bits per heavy atom. The molecular weight excluding hydrogens is 276 g/mol. The zero-order valence-corrected chi connectivity index (χ0v) is 14.2. The molecule has 0 spiro atoms. The lowest BCUT2D eigenvalue weighted by Gasteiger charge is -2.07. The molecule has 1 rings (SSSR count). The summed E-state index contributed by atoms with van der Waals surface area (Å²) < 4.78 is 0. The normalized spacial score (nSPS) is 9.36. The van der Waals surface area contributed by atoms with Gasteiger partial charge in [-0.2, -0.15) is 0 Å². The second kappa shape index (κ2) is 19.8. The highest BCUT2D eigenvalue weighted by atomic mass is 16.3. The summed E-state index contributed by atoms with van der Waals surface area (Å²) in [6.07, 6.45) is 8.54. The fraction of sp³-hybridized carbons (Fsp3) is 0.579. The van der Waals surface area contributed by atoms with Gasteiger partial charge < -0.3 is 15.3 Å². The molecule has 3 N–H and O–H groups in total. The topological polar surface area (TPSA) is 60.7 Å². The summed E-state index contributed by atoms with van der Waals surface area (Å²) in [5, 5.41) is 24.6. The van der Waals surface area contributed by atoms with Crippen LogP contribution < -0.4 is 0 Å². The Balaban J connectivity index is 0. The highest BCUT2D eigenvalue weighted by Gasteiger charge is 2.00. The van der Waals surface area contributed by atoms with E-state index in [-0.39, 0.29) is 19.3 Å². The first kappa shape index (κ1) is 23.1. The van der Waals surface area contributed by atoms with Gasteiger partial charge in [0.15, 0.2) is 0 Å². The third-order valence-corrected chi connectivity index (χ3v) is 2.92. The second-order valence-corrected chi connectivity index (χ2v) is 5.00. The molecule has 0 saturated heterocycles. The Morgan fingerprint density at radius 3 is 1.68 bits per heavy atom. The molecule has 1 aromatic rings. The van der Waals surface area contributed by atoms with Crippen LogP contribution in [0.25, 0.3) is 6.08 Å². The van der Waals surface area contributed by atoms with Gasteiger partial charge in [-0.1, -0.05) is 82.5 Å². The predicted octanol–water partition coefficient (Wildman–Crippen LogP) is 4.03. The molecule has 0 aliphatic carbocycles. The minimum Gasteiger partial charge on any atom is -0.394 e. The number of benzene rings is 1. The Kier molecular flexibility index (Phi) is 20.8. The molecule has 0 fully saturated rings. The smallest absolute Gasteiger partial charge is 0.0662 e. The summed E-state index contributed by atoms with van der Waals surface area (Å²) in [5.74, 6) is 0. The molecule has 3 heteroatoms. The van der Waals surface area contributed by atoms with Crippen LogP contribution in [-0.4, -0.2) is 34.6 Å². The summed E-state index contributed by atoms with van der Waals surface area (Å²) in [5.41, 5.74) is 1.17. The molecule has 0 saturated carbocycles. The fourth-order valence-electron chi connectivity index (χ4n) is 1.61. The van der Waals surface area contributed by atoms with Gasteiger partial charge in [-0.25, -0.2) is 0 Å². The van der Waals surface area contributed by atoms with Crippen molar-refractivity contribution in [2.24, 2.45) is 0 Å². The average molecular weight is 310 g/mol. The van der Waals surface area contributed by atoms with Gasteiger partial charge >= 0.3 is 0 Å². The van der Waals surface area contributed by atoms with Gasteiger partial charge in [0.05, 0.1) is 19.3 Å². The summed E-state index contributed by atoms with van der Waals surface area (Å²) in [4.78, 5) is 0. The molecule has 0 atom stereocenters. The minimum absolute atomic E-state index is 0.0279. The maximum absolute atomic E-state index is 9.31. The van der Waals surface area contributed by atoms with E-state index in [4.69, 9.17) is 10.2 Å². The van der Waals surface area contributed by atoms with Crippen molar-refractivity contribution >= 4 is 6.08 Å². The van der Waals surface area contributed by atoms with Crippen molar-refractivity contribution < 1.29 is 15.3 Å². The Morgan fingerprint density at radius 2 is 1.41 bits per heavy atom. The van der Waals surface area contributed by atoms with Crippen molar-refractivity contribution in [2.45, 2.75) is 58.5 Å². The molecule has 0 bridgehead atoms. The van der Waals surface area contributed by atoms with Crippen LogP contribution in [0.4, 0.5) is 0 Å². The van der Waals surface area contributed by atoms with E-state index in [0.29, 0.717) is 0 Å². The quantitative estimate of drug-likeness (QED) is 0.679.